The van der Waals surface area contributed by atoms with Crippen molar-refractivity contribution in [2.24, 2.45) is 5.10 Å². The van der Waals surface area contributed by atoms with Crippen LogP contribution < -0.4 is 10.2 Å². The third-order valence-electron chi connectivity index (χ3n) is 3.90. The number of nitrogens with zero attached hydrogens (tertiary/aromatic N) is 2. The van der Waals surface area contributed by atoms with E-state index in [1.54, 1.807) is 36.4 Å². The number of nitro groups is 1. The summed E-state index contributed by atoms with van der Waals surface area (Å²) in [5, 5.41) is 14.6. The topological polar surface area (TPSA) is 93.8 Å². The van der Waals surface area contributed by atoms with Crippen LogP contribution in [0, 0.1) is 10.1 Å². The zero-order valence-corrected chi connectivity index (χ0v) is 16.7. The van der Waals surface area contributed by atoms with E-state index in [1.165, 1.54) is 18.3 Å². The van der Waals surface area contributed by atoms with Gasteiger partial charge in [-0.2, -0.15) is 5.10 Å². The molecule has 0 saturated carbocycles. The third-order valence-corrected chi connectivity index (χ3v) is 4.42. The van der Waals surface area contributed by atoms with E-state index >= 15 is 0 Å². The molecule has 0 heterocycles. The van der Waals surface area contributed by atoms with Gasteiger partial charge in [0.25, 0.3) is 11.6 Å². The molecule has 0 bridgehead atoms. The summed E-state index contributed by atoms with van der Waals surface area (Å²) in [4.78, 5) is 22.4. The van der Waals surface area contributed by atoms with Gasteiger partial charge >= 0.3 is 0 Å². The van der Waals surface area contributed by atoms with Crippen LogP contribution in [0.2, 0.25) is 0 Å². The molecule has 3 rings (SSSR count). The van der Waals surface area contributed by atoms with E-state index in [4.69, 9.17) is 4.74 Å². The first-order chi connectivity index (χ1) is 14.0. The van der Waals surface area contributed by atoms with Crippen LogP contribution >= 0.6 is 15.9 Å². The van der Waals surface area contributed by atoms with Crippen LogP contribution in [0.25, 0.3) is 0 Å². The summed E-state index contributed by atoms with van der Waals surface area (Å²) in [7, 11) is 0. The Labute approximate surface area is 175 Å². The van der Waals surface area contributed by atoms with E-state index in [-0.39, 0.29) is 5.69 Å². The number of amides is 1. The second kappa shape index (κ2) is 9.61. The standard InChI is InChI=1S/C21H16BrN3O4/c22-18-8-4-15(5-9-18)14-29-20-10-6-17(7-11-20)21(26)24-23-13-16-2-1-3-19(12-16)25(27)28/h1-13H,14H2,(H,24,26). The quantitative estimate of drug-likeness (QED) is 0.318. The van der Waals surface area contributed by atoms with Crippen molar-refractivity contribution in [1.29, 1.82) is 0 Å². The number of hydrogen-bond acceptors (Lipinski definition) is 5. The van der Waals surface area contributed by atoms with Gasteiger partial charge < -0.3 is 4.74 Å². The highest BCUT2D eigenvalue weighted by molar-refractivity contribution is 9.10. The largest absolute Gasteiger partial charge is 0.489 e. The Morgan fingerprint density at radius 3 is 2.52 bits per heavy atom. The minimum Gasteiger partial charge on any atom is -0.489 e. The fourth-order valence-corrected chi connectivity index (χ4v) is 2.66. The first-order valence-corrected chi connectivity index (χ1v) is 9.36. The predicted molar refractivity (Wildman–Crippen MR) is 113 cm³/mol. The summed E-state index contributed by atoms with van der Waals surface area (Å²) >= 11 is 3.39. The number of hydrogen-bond donors (Lipinski definition) is 1. The molecule has 3 aromatic rings. The van der Waals surface area contributed by atoms with E-state index in [0.29, 0.717) is 23.5 Å². The molecule has 0 radical (unpaired) electrons. The van der Waals surface area contributed by atoms with Crippen LogP contribution in [0.5, 0.6) is 5.75 Å². The van der Waals surface area contributed by atoms with Gasteiger partial charge in [0, 0.05) is 27.7 Å². The van der Waals surface area contributed by atoms with Crippen LogP contribution in [-0.2, 0) is 6.61 Å². The van der Waals surface area contributed by atoms with Gasteiger partial charge in [-0.3, -0.25) is 14.9 Å². The lowest BCUT2D eigenvalue weighted by molar-refractivity contribution is -0.384. The molecule has 29 heavy (non-hydrogen) atoms. The van der Waals surface area contributed by atoms with Crippen molar-refractivity contribution in [1.82, 2.24) is 5.43 Å². The Balaban J connectivity index is 1.54. The average molecular weight is 454 g/mol. The third kappa shape index (κ3) is 5.98. The molecule has 0 aliphatic carbocycles. The van der Waals surface area contributed by atoms with Crippen LogP contribution in [0.3, 0.4) is 0 Å². The maximum Gasteiger partial charge on any atom is 0.271 e. The summed E-state index contributed by atoms with van der Waals surface area (Å²) < 4.78 is 6.71. The van der Waals surface area contributed by atoms with Gasteiger partial charge in [0.1, 0.15) is 12.4 Å². The first-order valence-electron chi connectivity index (χ1n) is 8.56. The summed E-state index contributed by atoms with van der Waals surface area (Å²) in [6, 6.07) is 20.5. The van der Waals surface area contributed by atoms with Gasteiger partial charge in [0.15, 0.2) is 0 Å². The highest BCUT2D eigenvalue weighted by atomic mass is 79.9. The fraction of sp³-hybridized carbons (Fsp3) is 0.0476. The van der Waals surface area contributed by atoms with Gasteiger partial charge in [-0.15, -0.1) is 0 Å². The monoisotopic (exact) mass is 453 g/mol. The predicted octanol–water partition coefficient (Wildman–Crippen LogP) is 4.70. The van der Waals surface area contributed by atoms with Gasteiger partial charge in [-0.25, -0.2) is 5.43 Å². The second-order valence-corrected chi connectivity index (χ2v) is 6.91. The van der Waals surface area contributed by atoms with E-state index in [2.05, 4.69) is 26.5 Å². The van der Waals surface area contributed by atoms with Crippen LogP contribution in [-0.4, -0.2) is 17.0 Å². The molecule has 0 saturated heterocycles. The molecule has 3 aromatic carbocycles. The molecule has 0 aliphatic heterocycles. The van der Waals surface area contributed by atoms with E-state index in [1.807, 2.05) is 24.3 Å². The summed E-state index contributed by atoms with van der Waals surface area (Å²) in [5.41, 5.74) is 4.31. The molecule has 0 unspecified atom stereocenters. The maximum atomic E-state index is 12.2. The number of nitro benzene ring substituents is 1. The Morgan fingerprint density at radius 2 is 1.83 bits per heavy atom. The van der Waals surface area contributed by atoms with Gasteiger partial charge in [0.05, 0.1) is 11.1 Å². The van der Waals surface area contributed by atoms with E-state index in [0.717, 1.165) is 10.0 Å². The summed E-state index contributed by atoms with van der Waals surface area (Å²) in [6.45, 7) is 0.423. The highest BCUT2D eigenvalue weighted by Crippen LogP contribution is 2.16. The number of carbonyl (C=O) groups is 1. The van der Waals surface area contributed by atoms with Gasteiger partial charge in [-0.05, 0) is 42.0 Å². The van der Waals surface area contributed by atoms with E-state index in [9.17, 15) is 14.9 Å². The number of rotatable bonds is 7. The number of non-ortho nitro benzene ring substituents is 1. The smallest absolute Gasteiger partial charge is 0.271 e. The zero-order chi connectivity index (χ0) is 20.6. The average Bonchev–Trinajstić information content (AvgIpc) is 2.74. The normalized spacial score (nSPS) is 10.7. The van der Waals surface area contributed by atoms with Gasteiger partial charge in [0.2, 0.25) is 0 Å². The zero-order valence-electron chi connectivity index (χ0n) is 15.1. The number of ether oxygens (including phenoxy) is 1. The Hall–Kier alpha value is -3.52. The molecular formula is C21H16BrN3O4. The van der Waals surface area contributed by atoms with Crippen molar-refractivity contribution < 1.29 is 14.5 Å². The van der Waals surface area contributed by atoms with Crippen LogP contribution in [0.15, 0.2) is 82.4 Å². The van der Waals surface area contributed by atoms with Crippen molar-refractivity contribution in [3.8, 4) is 5.75 Å². The molecule has 1 amide bonds. The van der Waals surface area contributed by atoms with Gasteiger partial charge in [-0.1, -0.05) is 40.2 Å². The Morgan fingerprint density at radius 1 is 1.10 bits per heavy atom. The Kier molecular flexibility index (Phi) is 6.70. The van der Waals surface area contributed by atoms with Crippen LogP contribution in [0.1, 0.15) is 21.5 Å². The molecule has 1 N–H and O–H groups in total. The SMILES string of the molecule is O=C(NN=Cc1cccc([N+](=O)[O-])c1)c1ccc(OCc2ccc(Br)cc2)cc1. The van der Waals surface area contributed by atoms with E-state index < -0.39 is 10.8 Å². The molecule has 0 fully saturated rings. The van der Waals surface area contributed by atoms with Crippen molar-refractivity contribution in [2.45, 2.75) is 6.61 Å². The lowest BCUT2D eigenvalue weighted by atomic mass is 10.2. The fourth-order valence-electron chi connectivity index (χ4n) is 2.40. The number of benzene rings is 3. The summed E-state index contributed by atoms with van der Waals surface area (Å²) in [5.74, 6) is 0.246. The molecule has 8 heteroatoms. The second-order valence-electron chi connectivity index (χ2n) is 5.99. The molecular weight excluding hydrogens is 438 g/mol. The summed E-state index contributed by atoms with van der Waals surface area (Å²) in [6.07, 6.45) is 1.35. The molecule has 146 valence electrons. The van der Waals surface area contributed by atoms with Crippen LogP contribution in [0.4, 0.5) is 5.69 Å². The highest BCUT2D eigenvalue weighted by Gasteiger charge is 2.06. The first kappa shape index (κ1) is 20.2. The number of hydrazone groups is 1. The molecule has 0 spiro atoms. The lowest BCUT2D eigenvalue weighted by Crippen LogP contribution is -2.17. The number of nitrogens with one attached hydrogen (secondary N) is 1. The van der Waals surface area contributed by atoms with Crippen molar-refractivity contribution in [3.05, 3.63) is 104 Å². The molecule has 0 atom stereocenters. The molecule has 0 aliphatic rings. The Bertz CT molecular complexity index is 1030. The van der Waals surface area contributed by atoms with Crippen molar-refractivity contribution >= 4 is 33.7 Å². The molecule has 0 aromatic heterocycles. The minimum absolute atomic E-state index is 0.0426. The van der Waals surface area contributed by atoms with Crippen molar-refractivity contribution in [3.63, 3.8) is 0 Å². The number of halogens is 1. The number of carbonyl (C=O) groups excluding carboxylic acids is 1. The lowest BCUT2D eigenvalue weighted by Gasteiger charge is -2.07. The molecule has 7 nitrogen and oxygen atoms in total. The maximum absolute atomic E-state index is 12.2. The minimum atomic E-state index is -0.490. The van der Waals surface area contributed by atoms with Crippen molar-refractivity contribution in [2.75, 3.05) is 0 Å².